The van der Waals surface area contributed by atoms with Crippen LogP contribution in [0.15, 0.2) is 100 Å². The molecule has 170 valence electrons. The summed E-state index contributed by atoms with van der Waals surface area (Å²) >= 11 is 1.66. The molecular formula is C30H33NOS. The van der Waals surface area contributed by atoms with Crippen LogP contribution in [0.25, 0.3) is 0 Å². The predicted molar refractivity (Wildman–Crippen MR) is 142 cm³/mol. The number of nitrogens with zero attached hydrogens (tertiary/aromatic N) is 1. The normalized spacial score (nSPS) is 15.3. The van der Waals surface area contributed by atoms with E-state index in [1.54, 1.807) is 11.8 Å². The molecule has 2 nitrogen and oxygen atoms in total. The Morgan fingerprint density at radius 1 is 0.879 bits per heavy atom. The summed E-state index contributed by atoms with van der Waals surface area (Å²) in [4.78, 5) is 5.98. The molecule has 1 saturated carbocycles. The molecule has 1 aliphatic carbocycles. The van der Waals surface area contributed by atoms with Crippen molar-refractivity contribution in [2.45, 2.75) is 62.7 Å². The van der Waals surface area contributed by atoms with Crippen molar-refractivity contribution >= 4 is 23.3 Å². The van der Waals surface area contributed by atoms with E-state index in [0.717, 1.165) is 11.4 Å². The predicted octanol–water partition coefficient (Wildman–Crippen LogP) is 9.27. The van der Waals surface area contributed by atoms with Crippen LogP contribution in [0.3, 0.4) is 0 Å². The van der Waals surface area contributed by atoms with Crippen molar-refractivity contribution in [2.75, 3.05) is 0 Å². The molecule has 0 heterocycles. The number of hydrogen-bond acceptors (Lipinski definition) is 3. The summed E-state index contributed by atoms with van der Waals surface area (Å²) < 4.78 is 6.23. The van der Waals surface area contributed by atoms with Gasteiger partial charge in [-0.1, -0.05) is 87.3 Å². The molecule has 3 aromatic carbocycles. The van der Waals surface area contributed by atoms with Gasteiger partial charge in [-0.15, -0.1) is 0 Å². The Morgan fingerprint density at radius 3 is 2.24 bits per heavy atom. The van der Waals surface area contributed by atoms with Gasteiger partial charge in [0.15, 0.2) is 0 Å². The third kappa shape index (κ3) is 7.10. The molecule has 4 rings (SSSR count). The van der Waals surface area contributed by atoms with Gasteiger partial charge >= 0.3 is 0 Å². The van der Waals surface area contributed by atoms with Gasteiger partial charge in [0.05, 0.1) is 5.69 Å². The summed E-state index contributed by atoms with van der Waals surface area (Å²) in [5, 5.41) is 2.03. The van der Waals surface area contributed by atoms with E-state index in [-0.39, 0.29) is 0 Å². The zero-order chi connectivity index (χ0) is 22.9. The van der Waals surface area contributed by atoms with E-state index in [0.29, 0.717) is 17.7 Å². The highest BCUT2D eigenvalue weighted by molar-refractivity contribution is 8.02. The van der Waals surface area contributed by atoms with Crippen LogP contribution < -0.4 is 4.74 Å². The Balaban J connectivity index is 1.51. The standard InChI is InChI=1S/C30H33NOS/c1-23(2)24-13-17-27(18-14-24)31-30(21-22-33-29-11-7-4-8-12-29)32-28-19-15-26(16-20-28)25-9-5-3-6-10-25/h4,7-8,11-23,25H,3,5-6,9-10H2,1-2H3. The van der Waals surface area contributed by atoms with Gasteiger partial charge in [-0.2, -0.15) is 0 Å². The van der Waals surface area contributed by atoms with E-state index in [1.165, 1.54) is 48.1 Å². The van der Waals surface area contributed by atoms with Crippen molar-refractivity contribution in [1.82, 2.24) is 0 Å². The first-order valence-electron chi connectivity index (χ1n) is 12.0. The van der Waals surface area contributed by atoms with Crippen molar-refractivity contribution in [3.63, 3.8) is 0 Å². The van der Waals surface area contributed by atoms with E-state index in [1.807, 2.05) is 29.7 Å². The topological polar surface area (TPSA) is 21.6 Å². The van der Waals surface area contributed by atoms with Gasteiger partial charge in [-0.3, -0.25) is 0 Å². The lowest BCUT2D eigenvalue weighted by Gasteiger charge is -2.22. The van der Waals surface area contributed by atoms with E-state index >= 15 is 0 Å². The number of thioether (sulfide) groups is 1. The SMILES string of the molecule is CC(C)c1ccc(N=C(C=CSc2ccccc2)Oc2ccc(C3CCCCC3)cc2)cc1. The lowest BCUT2D eigenvalue weighted by Crippen LogP contribution is -2.06. The first-order valence-corrected chi connectivity index (χ1v) is 12.9. The van der Waals surface area contributed by atoms with E-state index in [4.69, 9.17) is 9.73 Å². The van der Waals surface area contributed by atoms with Gasteiger partial charge in [0, 0.05) is 11.0 Å². The van der Waals surface area contributed by atoms with Crippen LogP contribution in [-0.4, -0.2) is 5.90 Å². The van der Waals surface area contributed by atoms with Crippen molar-refractivity contribution in [1.29, 1.82) is 0 Å². The van der Waals surface area contributed by atoms with Gasteiger partial charge in [0.1, 0.15) is 5.75 Å². The second-order valence-corrected chi connectivity index (χ2v) is 9.92. The summed E-state index contributed by atoms with van der Waals surface area (Å²) in [5.74, 6) is 2.61. The van der Waals surface area contributed by atoms with Gasteiger partial charge in [-0.25, -0.2) is 4.99 Å². The van der Waals surface area contributed by atoms with Gasteiger partial charge in [0.2, 0.25) is 5.90 Å². The van der Waals surface area contributed by atoms with Crippen LogP contribution in [0, 0.1) is 0 Å². The summed E-state index contributed by atoms with van der Waals surface area (Å²) in [6.45, 7) is 4.40. The van der Waals surface area contributed by atoms with Crippen molar-refractivity contribution in [3.8, 4) is 5.75 Å². The molecule has 3 heteroatoms. The van der Waals surface area contributed by atoms with Crippen LogP contribution in [0.2, 0.25) is 0 Å². The number of aliphatic imine (C=N–C) groups is 1. The highest BCUT2D eigenvalue weighted by Gasteiger charge is 2.15. The Hall–Kier alpha value is -2.78. The lowest BCUT2D eigenvalue weighted by molar-refractivity contribution is 0.443. The Kier molecular flexibility index (Phi) is 8.43. The van der Waals surface area contributed by atoms with Gasteiger partial charge in [0.25, 0.3) is 0 Å². The minimum Gasteiger partial charge on any atom is -0.439 e. The first-order chi connectivity index (χ1) is 16.2. The van der Waals surface area contributed by atoms with Crippen LogP contribution in [0.1, 0.15) is 68.9 Å². The summed E-state index contributed by atoms with van der Waals surface area (Å²) in [5.41, 5.74) is 3.63. The fourth-order valence-electron chi connectivity index (χ4n) is 4.19. The fourth-order valence-corrected chi connectivity index (χ4v) is 4.85. The highest BCUT2D eigenvalue weighted by atomic mass is 32.2. The molecule has 0 N–H and O–H groups in total. The van der Waals surface area contributed by atoms with Crippen LogP contribution in [-0.2, 0) is 0 Å². The largest absolute Gasteiger partial charge is 0.439 e. The van der Waals surface area contributed by atoms with Crippen molar-refractivity contribution in [3.05, 3.63) is 101 Å². The smallest absolute Gasteiger partial charge is 0.220 e. The summed E-state index contributed by atoms with van der Waals surface area (Å²) in [6.07, 6.45) is 8.63. The molecular weight excluding hydrogens is 422 g/mol. The monoisotopic (exact) mass is 455 g/mol. The van der Waals surface area contributed by atoms with Crippen molar-refractivity contribution in [2.24, 2.45) is 4.99 Å². The molecule has 0 saturated heterocycles. The average Bonchev–Trinajstić information content (AvgIpc) is 2.86. The number of ether oxygens (including phenoxy) is 1. The molecule has 0 aromatic heterocycles. The fraction of sp³-hybridized carbons (Fsp3) is 0.300. The Labute approximate surface area is 202 Å². The molecule has 33 heavy (non-hydrogen) atoms. The maximum atomic E-state index is 6.23. The number of hydrogen-bond donors (Lipinski definition) is 0. The first kappa shape index (κ1) is 23.4. The molecule has 3 aromatic rings. The Bertz CT molecular complexity index is 1050. The quantitative estimate of drug-likeness (QED) is 0.201. The maximum Gasteiger partial charge on any atom is 0.220 e. The number of rotatable bonds is 7. The van der Waals surface area contributed by atoms with Gasteiger partial charge in [-0.05, 0) is 77.6 Å². The van der Waals surface area contributed by atoms with E-state index < -0.39 is 0 Å². The van der Waals surface area contributed by atoms with E-state index in [2.05, 4.69) is 74.5 Å². The molecule has 0 amide bonds. The van der Waals surface area contributed by atoms with Crippen LogP contribution in [0.5, 0.6) is 5.75 Å². The summed E-state index contributed by atoms with van der Waals surface area (Å²) in [6, 6.07) is 27.3. The van der Waals surface area contributed by atoms with Crippen LogP contribution >= 0.6 is 11.8 Å². The van der Waals surface area contributed by atoms with E-state index in [9.17, 15) is 0 Å². The Morgan fingerprint density at radius 2 is 1.58 bits per heavy atom. The molecule has 0 atom stereocenters. The minimum absolute atomic E-state index is 0.503. The molecule has 0 radical (unpaired) electrons. The molecule has 0 bridgehead atoms. The molecule has 1 aliphatic rings. The highest BCUT2D eigenvalue weighted by Crippen LogP contribution is 2.33. The average molecular weight is 456 g/mol. The maximum absolute atomic E-state index is 6.23. The summed E-state index contributed by atoms with van der Waals surface area (Å²) in [7, 11) is 0. The molecule has 0 spiro atoms. The molecule has 0 unspecified atom stereocenters. The zero-order valence-corrected chi connectivity index (χ0v) is 20.4. The number of benzene rings is 3. The molecule has 1 fully saturated rings. The van der Waals surface area contributed by atoms with Gasteiger partial charge < -0.3 is 4.74 Å². The zero-order valence-electron chi connectivity index (χ0n) is 19.6. The second-order valence-electron chi connectivity index (χ2n) is 8.94. The third-order valence-electron chi connectivity index (χ3n) is 6.14. The lowest BCUT2D eigenvalue weighted by atomic mass is 9.84. The van der Waals surface area contributed by atoms with Crippen LogP contribution in [0.4, 0.5) is 5.69 Å². The molecule has 0 aliphatic heterocycles. The third-order valence-corrected chi connectivity index (χ3v) is 6.95. The van der Waals surface area contributed by atoms with Crippen molar-refractivity contribution < 1.29 is 4.74 Å². The minimum atomic E-state index is 0.503. The second kappa shape index (κ2) is 11.9.